The average Bonchev–Trinajstić information content (AvgIpc) is 2.48. The molecule has 0 bridgehead atoms. The first-order valence-electron chi connectivity index (χ1n) is 6.82. The van der Waals surface area contributed by atoms with Crippen LogP contribution in [0.4, 0.5) is 5.82 Å². The lowest BCUT2D eigenvalue weighted by Crippen LogP contribution is -2.23. The van der Waals surface area contributed by atoms with E-state index >= 15 is 0 Å². The number of benzene rings is 1. The number of nitrogens with zero attached hydrogens (tertiary/aromatic N) is 2. The minimum absolute atomic E-state index is 0.707. The summed E-state index contributed by atoms with van der Waals surface area (Å²) in [6.45, 7) is 4.64. The van der Waals surface area contributed by atoms with Gasteiger partial charge in [-0.1, -0.05) is 41.9 Å². The van der Waals surface area contributed by atoms with Gasteiger partial charge in [0, 0.05) is 25.8 Å². The molecule has 2 rings (SSSR count). The highest BCUT2D eigenvalue weighted by molar-refractivity contribution is 6.31. The maximum absolute atomic E-state index is 6.16. The first-order valence-corrected chi connectivity index (χ1v) is 7.20. The SMILES string of the molecule is CCN(Cc1ccccc1)c1cc(CNC)c(Cl)cn1. The molecule has 3 nitrogen and oxygen atoms in total. The molecule has 0 aliphatic carbocycles. The van der Waals surface area contributed by atoms with Crippen molar-refractivity contribution in [2.45, 2.75) is 20.0 Å². The fraction of sp³-hybridized carbons (Fsp3) is 0.312. The quantitative estimate of drug-likeness (QED) is 0.882. The maximum Gasteiger partial charge on any atom is 0.129 e. The first kappa shape index (κ1) is 14.8. The Bertz CT molecular complexity index is 543. The minimum Gasteiger partial charge on any atom is -0.353 e. The molecule has 1 aromatic heterocycles. The molecular weight excluding hydrogens is 270 g/mol. The zero-order valence-electron chi connectivity index (χ0n) is 11.9. The smallest absolute Gasteiger partial charge is 0.129 e. The summed E-state index contributed by atoms with van der Waals surface area (Å²) in [5, 5.41) is 3.84. The van der Waals surface area contributed by atoms with Crippen LogP contribution in [-0.4, -0.2) is 18.6 Å². The lowest BCUT2D eigenvalue weighted by Gasteiger charge is -2.23. The molecule has 1 heterocycles. The van der Waals surface area contributed by atoms with Crippen molar-refractivity contribution >= 4 is 17.4 Å². The van der Waals surface area contributed by atoms with Crippen molar-refractivity contribution in [3.05, 3.63) is 58.7 Å². The van der Waals surface area contributed by atoms with Crippen molar-refractivity contribution in [1.29, 1.82) is 0 Å². The Kier molecular flexibility index (Phi) is 5.39. The maximum atomic E-state index is 6.16. The number of hydrogen-bond acceptors (Lipinski definition) is 3. The molecule has 1 N–H and O–H groups in total. The summed E-state index contributed by atoms with van der Waals surface area (Å²) in [6.07, 6.45) is 1.73. The Hall–Kier alpha value is -1.58. The fourth-order valence-electron chi connectivity index (χ4n) is 2.13. The van der Waals surface area contributed by atoms with Gasteiger partial charge in [-0.15, -0.1) is 0 Å². The zero-order chi connectivity index (χ0) is 14.4. The van der Waals surface area contributed by atoms with Crippen LogP contribution in [0, 0.1) is 0 Å². The Balaban J connectivity index is 2.21. The Morgan fingerprint density at radius 1 is 1.25 bits per heavy atom. The standard InChI is InChI=1S/C16H20ClN3/c1-3-20(12-13-7-5-4-6-8-13)16-9-14(10-18-2)15(17)11-19-16/h4-9,11,18H,3,10,12H2,1-2H3. The second-order valence-electron chi connectivity index (χ2n) is 4.66. The molecule has 1 aromatic carbocycles. The van der Waals surface area contributed by atoms with Crippen molar-refractivity contribution in [1.82, 2.24) is 10.3 Å². The summed E-state index contributed by atoms with van der Waals surface area (Å²) in [6, 6.07) is 12.5. The van der Waals surface area contributed by atoms with Gasteiger partial charge in [0.15, 0.2) is 0 Å². The molecule has 2 aromatic rings. The van der Waals surface area contributed by atoms with Gasteiger partial charge in [-0.2, -0.15) is 0 Å². The van der Waals surface area contributed by atoms with Crippen LogP contribution in [0.2, 0.25) is 5.02 Å². The summed E-state index contributed by atoms with van der Waals surface area (Å²) >= 11 is 6.16. The van der Waals surface area contributed by atoms with Crippen LogP contribution in [0.15, 0.2) is 42.6 Å². The van der Waals surface area contributed by atoms with Crippen LogP contribution in [0.5, 0.6) is 0 Å². The second-order valence-corrected chi connectivity index (χ2v) is 5.07. The van der Waals surface area contributed by atoms with E-state index in [1.54, 1.807) is 6.20 Å². The predicted octanol–water partition coefficient (Wildman–Crippen LogP) is 3.48. The molecule has 0 radical (unpaired) electrons. The van der Waals surface area contributed by atoms with Crippen LogP contribution in [0.25, 0.3) is 0 Å². The first-order chi connectivity index (χ1) is 9.74. The van der Waals surface area contributed by atoms with Crippen LogP contribution < -0.4 is 10.2 Å². The Morgan fingerprint density at radius 2 is 2.00 bits per heavy atom. The number of nitrogens with one attached hydrogen (secondary N) is 1. The average molecular weight is 290 g/mol. The predicted molar refractivity (Wildman–Crippen MR) is 85.2 cm³/mol. The summed E-state index contributed by atoms with van der Waals surface area (Å²) in [5.41, 5.74) is 2.35. The number of halogens is 1. The molecule has 0 saturated heterocycles. The van der Waals surface area contributed by atoms with E-state index in [2.05, 4.69) is 52.5 Å². The van der Waals surface area contributed by atoms with Gasteiger partial charge >= 0.3 is 0 Å². The van der Waals surface area contributed by atoms with Gasteiger partial charge in [-0.25, -0.2) is 4.98 Å². The van der Waals surface area contributed by atoms with Crippen LogP contribution in [0.1, 0.15) is 18.1 Å². The molecule has 0 atom stereocenters. The molecule has 4 heteroatoms. The molecule has 0 spiro atoms. The number of pyridine rings is 1. The van der Waals surface area contributed by atoms with E-state index in [1.807, 2.05) is 13.1 Å². The van der Waals surface area contributed by atoms with Gasteiger partial charge in [0.1, 0.15) is 5.82 Å². The molecule has 0 amide bonds. The van der Waals surface area contributed by atoms with Crippen LogP contribution in [-0.2, 0) is 13.1 Å². The van der Waals surface area contributed by atoms with E-state index in [1.165, 1.54) is 5.56 Å². The van der Waals surface area contributed by atoms with Crippen LogP contribution in [0.3, 0.4) is 0 Å². The van der Waals surface area contributed by atoms with E-state index < -0.39 is 0 Å². The zero-order valence-corrected chi connectivity index (χ0v) is 12.7. The third kappa shape index (κ3) is 3.71. The van der Waals surface area contributed by atoms with E-state index in [0.717, 1.165) is 31.0 Å². The Morgan fingerprint density at radius 3 is 2.65 bits per heavy atom. The van der Waals surface area contributed by atoms with Crippen molar-refractivity contribution in [3.63, 3.8) is 0 Å². The van der Waals surface area contributed by atoms with E-state index in [0.29, 0.717) is 5.02 Å². The highest BCUT2D eigenvalue weighted by atomic mass is 35.5. The Labute approximate surface area is 125 Å². The lowest BCUT2D eigenvalue weighted by molar-refractivity contribution is 0.794. The van der Waals surface area contributed by atoms with Crippen molar-refractivity contribution in [2.24, 2.45) is 0 Å². The minimum atomic E-state index is 0.707. The summed E-state index contributed by atoms with van der Waals surface area (Å²) in [5.74, 6) is 0.964. The highest BCUT2D eigenvalue weighted by Gasteiger charge is 2.09. The van der Waals surface area contributed by atoms with Gasteiger partial charge in [-0.05, 0) is 31.2 Å². The molecule has 0 saturated carbocycles. The number of hydrogen-bond donors (Lipinski definition) is 1. The number of anilines is 1. The highest BCUT2D eigenvalue weighted by Crippen LogP contribution is 2.21. The van der Waals surface area contributed by atoms with Gasteiger partial charge in [0.25, 0.3) is 0 Å². The summed E-state index contributed by atoms with van der Waals surface area (Å²) < 4.78 is 0. The van der Waals surface area contributed by atoms with Gasteiger partial charge in [0.05, 0.1) is 5.02 Å². The topological polar surface area (TPSA) is 28.2 Å². The molecular formula is C16H20ClN3. The van der Waals surface area contributed by atoms with Crippen molar-refractivity contribution in [2.75, 3.05) is 18.5 Å². The molecule has 0 unspecified atom stereocenters. The summed E-state index contributed by atoms with van der Waals surface area (Å²) in [4.78, 5) is 6.70. The third-order valence-corrected chi connectivity index (χ3v) is 3.55. The fourth-order valence-corrected chi connectivity index (χ4v) is 2.30. The van der Waals surface area contributed by atoms with Gasteiger partial charge in [-0.3, -0.25) is 0 Å². The van der Waals surface area contributed by atoms with Gasteiger partial charge < -0.3 is 10.2 Å². The number of rotatable bonds is 6. The molecule has 0 fully saturated rings. The van der Waals surface area contributed by atoms with E-state index in [4.69, 9.17) is 11.6 Å². The normalized spacial score (nSPS) is 10.6. The van der Waals surface area contributed by atoms with E-state index in [9.17, 15) is 0 Å². The largest absolute Gasteiger partial charge is 0.353 e. The molecule has 0 aliphatic rings. The molecule has 106 valence electrons. The van der Waals surface area contributed by atoms with Crippen molar-refractivity contribution in [3.8, 4) is 0 Å². The van der Waals surface area contributed by atoms with E-state index in [-0.39, 0.29) is 0 Å². The van der Waals surface area contributed by atoms with Gasteiger partial charge in [0.2, 0.25) is 0 Å². The lowest BCUT2D eigenvalue weighted by atomic mass is 10.2. The van der Waals surface area contributed by atoms with Crippen molar-refractivity contribution < 1.29 is 0 Å². The number of aromatic nitrogens is 1. The molecule has 20 heavy (non-hydrogen) atoms. The third-order valence-electron chi connectivity index (χ3n) is 3.21. The monoisotopic (exact) mass is 289 g/mol. The van der Waals surface area contributed by atoms with Crippen LogP contribution >= 0.6 is 11.6 Å². The molecule has 0 aliphatic heterocycles. The summed E-state index contributed by atoms with van der Waals surface area (Å²) in [7, 11) is 1.91. The second kappa shape index (κ2) is 7.27.